The Bertz CT molecular complexity index is 1100. The Labute approximate surface area is 184 Å². The number of hydrogen-bond donors (Lipinski definition) is 0. The molecule has 2 aromatic carbocycles. The second-order valence-corrected chi connectivity index (χ2v) is 7.46. The van der Waals surface area contributed by atoms with E-state index in [1.54, 1.807) is 29.2 Å². The van der Waals surface area contributed by atoms with Crippen LogP contribution in [0.3, 0.4) is 0 Å². The summed E-state index contributed by atoms with van der Waals surface area (Å²) < 4.78 is 21.9. The van der Waals surface area contributed by atoms with Crippen LogP contribution in [0.1, 0.15) is 29.1 Å². The van der Waals surface area contributed by atoms with Gasteiger partial charge in [-0.1, -0.05) is 23.7 Å². The molecule has 1 aliphatic carbocycles. The van der Waals surface area contributed by atoms with Crippen LogP contribution < -0.4 is 14.2 Å². The molecule has 0 radical (unpaired) electrons. The highest BCUT2D eigenvalue weighted by atomic mass is 35.5. The van der Waals surface area contributed by atoms with Gasteiger partial charge < -0.3 is 23.5 Å². The van der Waals surface area contributed by atoms with Crippen LogP contribution in [0, 0.1) is 0 Å². The third-order valence-corrected chi connectivity index (χ3v) is 5.39. The van der Waals surface area contributed by atoms with Crippen molar-refractivity contribution in [3.05, 3.63) is 52.9 Å². The number of methoxy groups -OCH3 is 3. The van der Waals surface area contributed by atoms with Gasteiger partial charge in [0.1, 0.15) is 5.75 Å². The van der Waals surface area contributed by atoms with E-state index in [9.17, 15) is 4.79 Å². The minimum atomic E-state index is -0.210. The van der Waals surface area contributed by atoms with Crippen molar-refractivity contribution in [3.63, 3.8) is 0 Å². The highest BCUT2D eigenvalue weighted by Gasteiger charge is 2.36. The zero-order valence-corrected chi connectivity index (χ0v) is 18.2. The van der Waals surface area contributed by atoms with E-state index in [2.05, 4.69) is 10.2 Å². The van der Waals surface area contributed by atoms with Gasteiger partial charge >= 0.3 is 0 Å². The summed E-state index contributed by atoms with van der Waals surface area (Å²) in [5.74, 6) is 1.76. The van der Waals surface area contributed by atoms with Crippen LogP contribution in [0.15, 0.2) is 40.8 Å². The lowest BCUT2D eigenvalue weighted by atomic mass is 10.1. The Balaban J connectivity index is 1.62. The minimum Gasteiger partial charge on any atom is -0.496 e. The van der Waals surface area contributed by atoms with Crippen LogP contribution in [-0.2, 0) is 6.54 Å². The number of ether oxygens (including phenoxy) is 3. The standard InChI is InChI=1S/C22H22ClN3O5/c1-28-17-11-19(30-3)18(29-2)10-15(17)22(27)26(13-8-9-13)12-20-24-25-21(31-20)14-6-4-5-7-16(14)23/h4-7,10-11,13H,8-9,12H2,1-3H3. The molecule has 0 saturated heterocycles. The van der Waals surface area contributed by atoms with Crippen LogP contribution in [0.25, 0.3) is 11.5 Å². The van der Waals surface area contributed by atoms with Crippen molar-refractivity contribution in [2.24, 2.45) is 0 Å². The molecule has 0 atom stereocenters. The van der Waals surface area contributed by atoms with E-state index in [0.717, 1.165) is 12.8 Å². The molecule has 0 bridgehead atoms. The molecule has 0 unspecified atom stereocenters. The van der Waals surface area contributed by atoms with E-state index in [1.807, 2.05) is 12.1 Å². The Hall–Kier alpha value is -3.26. The third kappa shape index (κ3) is 4.29. The van der Waals surface area contributed by atoms with Crippen LogP contribution in [-0.4, -0.2) is 48.4 Å². The lowest BCUT2D eigenvalue weighted by molar-refractivity contribution is 0.0710. The van der Waals surface area contributed by atoms with E-state index < -0.39 is 0 Å². The Morgan fingerprint density at radius 2 is 1.74 bits per heavy atom. The summed E-state index contributed by atoms with van der Waals surface area (Å²) >= 11 is 6.22. The number of aromatic nitrogens is 2. The van der Waals surface area contributed by atoms with Gasteiger partial charge in [0.05, 0.1) is 44.0 Å². The van der Waals surface area contributed by atoms with Gasteiger partial charge in [-0.25, -0.2) is 0 Å². The molecule has 1 heterocycles. The first-order chi connectivity index (χ1) is 15.0. The smallest absolute Gasteiger partial charge is 0.258 e. The fourth-order valence-corrected chi connectivity index (χ4v) is 3.53. The number of nitrogens with zero attached hydrogens (tertiary/aromatic N) is 3. The minimum absolute atomic E-state index is 0.0981. The van der Waals surface area contributed by atoms with Crippen molar-refractivity contribution in [2.75, 3.05) is 21.3 Å². The monoisotopic (exact) mass is 443 g/mol. The molecule has 3 aromatic rings. The molecule has 1 amide bonds. The zero-order valence-electron chi connectivity index (χ0n) is 17.4. The van der Waals surface area contributed by atoms with Gasteiger partial charge in [0.2, 0.25) is 11.8 Å². The molecule has 31 heavy (non-hydrogen) atoms. The van der Waals surface area contributed by atoms with Gasteiger partial charge in [-0.3, -0.25) is 4.79 Å². The maximum Gasteiger partial charge on any atom is 0.258 e. The van der Waals surface area contributed by atoms with Crippen molar-refractivity contribution in [1.29, 1.82) is 0 Å². The molecule has 8 nitrogen and oxygen atoms in total. The summed E-state index contributed by atoms with van der Waals surface area (Å²) in [5, 5.41) is 8.73. The Morgan fingerprint density at radius 3 is 2.39 bits per heavy atom. The van der Waals surface area contributed by atoms with Gasteiger partial charge in [-0.15, -0.1) is 10.2 Å². The molecule has 0 N–H and O–H groups in total. The molecular formula is C22H22ClN3O5. The van der Waals surface area contributed by atoms with E-state index in [-0.39, 0.29) is 18.5 Å². The summed E-state index contributed by atoms with van der Waals surface area (Å²) in [6.07, 6.45) is 1.82. The molecule has 1 aromatic heterocycles. The average Bonchev–Trinajstić information content (AvgIpc) is 3.54. The van der Waals surface area contributed by atoms with Gasteiger partial charge in [0.25, 0.3) is 5.91 Å². The Kier molecular flexibility index (Phi) is 5.99. The van der Waals surface area contributed by atoms with Crippen molar-refractivity contribution in [1.82, 2.24) is 15.1 Å². The fraction of sp³-hybridized carbons (Fsp3) is 0.318. The number of benzene rings is 2. The number of halogens is 1. The first-order valence-corrected chi connectivity index (χ1v) is 10.1. The van der Waals surface area contributed by atoms with Crippen LogP contribution in [0.2, 0.25) is 5.02 Å². The molecule has 4 rings (SSSR count). The lowest BCUT2D eigenvalue weighted by Gasteiger charge is -2.22. The molecule has 1 fully saturated rings. The van der Waals surface area contributed by atoms with Gasteiger partial charge in [0.15, 0.2) is 11.5 Å². The van der Waals surface area contributed by atoms with E-state index >= 15 is 0 Å². The van der Waals surface area contributed by atoms with Crippen LogP contribution in [0.4, 0.5) is 0 Å². The summed E-state index contributed by atoms with van der Waals surface area (Å²) in [5.41, 5.74) is 1.02. The van der Waals surface area contributed by atoms with Gasteiger partial charge in [-0.2, -0.15) is 0 Å². The molecule has 0 spiro atoms. The van der Waals surface area contributed by atoms with E-state index in [1.165, 1.54) is 21.3 Å². The number of carbonyl (C=O) groups excluding carboxylic acids is 1. The molecular weight excluding hydrogens is 422 g/mol. The number of rotatable bonds is 8. The predicted octanol–water partition coefficient (Wildman–Crippen LogP) is 4.22. The summed E-state index contributed by atoms with van der Waals surface area (Å²) in [7, 11) is 4.56. The maximum atomic E-state index is 13.4. The quantitative estimate of drug-likeness (QED) is 0.515. The summed E-state index contributed by atoms with van der Waals surface area (Å²) in [6.45, 7) is 0.179. The summed E-state index contributed by atoms with van der Waals surface area (Å²) in [6, 6.07) is 10.6. The first-order valence-electron chi connectivity index (χ1n) is 9.74. The highest BCUT2D eigenvalue weighted by Crippen LogP contribution is 2.37. The molecule has 1 saturated carbocycles. The molecule has 9 heteroatoms. The largest absolute Gasteiger partial charge is 0.496 e. The average molecular weight is 444 g/mol. The molecule has 0 aliphatic heterocycles. The first kappa shape index (κ1) is 21.0. The number of hydrogen-bond acceptors (Lipinski definition) is 7. The SMILES string of the molecule is COc1cc(OC)c(C(=O)N(Cc2nnc(-c3ccccc3Cl)o2)C2CC2)cc1OC. The topological polar surface area (TPSA) is 86.9 Å². The van der Waals surface area contributed by atoms with Crippen LogP contribution in [0.5, 0.6) is 17.2 Å². The van der Waals surface area contributed by atoms with E-state index in [0.29, 0.717) is 45.2 Å². The fourth-order valence-electron chi connectivity index (χ4n) is 3.31. The van der Waals surface area contributed by atoms with Crippen molar-refractivity contribution in [2.45, 2.75) is 25.4 Å². The third-order valence-electron chi connectivity index (χ3n) is 5.06. The second kappa shape index (κ2) is 8.85. The van der Waals surface area contributed by atoms with Crippen molar-refractivity contribution in [3.8, 4) is 28.7 Å². The van der Waals surface area contributed by atoms with Gasteiger partial charge in [-0.05, 0) is 25.0 Å². The zero-order chi connectivity index (χ0) is 22.0. The number of amides is 1. The second-order valence-electron chi connectivity index (χ2n) is 7.05. The predicted molar refractivity (Wildman–Crippen MR) is 114 cm³/mol. The van der Waals surface area contributed by atoms with Gasteiger partial charge in [0, 0.05) is 18.2 Å². The highest BCUT2D eigenvalue weighted by molar-refractivity contribution is 6.33. The lowest BCUT2D eigenvalue weighted by Crippen LogP contribution is -2.33. The Morgan fingerprint density at radius 1 is 1.06 bits per heavy atom. The molecule has 162 valence electrons. The van der Waals surface area contributed by atoms with Crippen molar-refractivity contribution >= 4 is 17.5 Å². The molecule has 1 aliphatic rings. The normalized spacial score (nSPS) is 13.0. The number of carbonyl (C=O) groups is 1. The maximum absolute atomic E-state index is 13.4. The summed E-state index contributed by atoms with van der Waals surface area (Å²) in [4.78, 5) is 15.2. The van der Waals surface area contributed by atoms with E-state index in [4.69, 9.17) is 30.2 Å². The van der Waals surface area contributed by atoms with Crippen molar-refractivity contribution < 1.29 is 23.4 Å². The van der Waals surface area contributed by atoms with Crippen LogP contribution >= 0.6 is 11.6 Å².